The van der Waals surface area contributed by atoms with Crippen LogP contribution in [0.4, 0.5) is 19.0 Å². The number of aromatic nitrogens is 3. The van der Waals surface area contributed by atoms with Crippen LogP contribution in [0.15, 0.2) is 41.2 Å². The minimum atomic E-state index is -4.68. The van der Waals surface area contributed by atoms with E-state index in [9.17, 15) is 23.1 Å². The van der Waals surface area contributed by atoms with Crippen LogP contribution in [-0.2, 0) is 6.18 Å². The Bertz CT molecular complexity index is 1150. The predicted molar refractivity (Wildman–Crippen MR) is 102 cm³/mol. The largest absolute Gasteiger partial charge is 0.433 e. The Morgan fingerprint density at radius 1 is 1.21 bits per heavy atom. The summed E-state index contributed by atoms with van der Waals surface area (Å²) in [5, 5.41) is 13.3. The highest BCUT2D eigenvalue weighted by molar-refractivity contribution is 6.32. The molecular formula is C19H16ClF3N4O2. The molecule has 2 N–H and O–H groups in total. The summed E-state index contributed by atoms with van der Waals surface area (Å²) in [5.74, 6) is 0.120. The predicted octanol–water partition coefficient (Wildman–Crippen LogP) is 3.78. The summed E-state index contributed by atoms with van der Waals surface area (Å²) in [6.45, 7) is 1.68. The monoisotopic (exact) mass is 424 g/mol. The van der Waals surface area contributed by atoms with E-state index in [1.54, 1.807) is 19.1 Å². The van der Waals surface area contributed by atoms with Gasteiger partial charge in [0.25, 0.3) is 0 Å². The van der Waals surface area contributed by atoms with Crippen molar-refractivity contribution < 1.29 is 18.3 Å². The molecule has 0 bridgehead atoms. The molecule has 2 aromatic heterocycles. The highest BCUT2D eigenvalue weighted by Gasteiger charge is 2.39. The summed E-state index contributed by atoms with van der Waals surface area (Å²) in [6, 6.07) is 8.18. The van der Waals surface area contributed by atoms with Gasteiger partial charge in [0.05, 0.1) is 21.7 Å². The molecule has 0 saturated heterocycles. The van der Waals surface area contributed by atoms with E-state index in [0.717, 1.165) is 10.6 Å². The highest BCUT2D eigenvalue weighted by atomic mass is 35.5. The molecule has 29 heavy (non-hydrogen) atoms. The van der Waals surface area contributed by atoms with Gasteiger partial charge >= 0.3 is 11.9 Å². The van der Waals surface area contributed by atoms with Crippen LogP contribution >= 0.6 is 11.6 Å². The molecule has 0 radical (unpaired) electrons. The number of hydrogen-bond donors (Lipinski definition) is 2. The van der Waals surface area contributed by atoms with Crippen molar-refractivity contribution in [3.05, 3.63) is 57.6 Å². The van der Waals surface area contributed by atoms with E-state index in [1.165, 1.54) is 18.2 Å². The van der Waals surface area contributed by atoms with Crippen molar-refractivity contribution in [3.8, 4) is 5.69 Å². The zero-order valence-corrected chi connectivity index (χ0v) is 15.9. The third-order valence-electron chi connectivity index (χ3n) is 4.84. The molecule has 0 aliphatic heterocycles. The van der Waals surface area contributed by atoms with Gasteiger partial charge in [-0.3, -0.25) is 0 Å². The second kappa shape index (κ2) is 6.70. The highest BCUT2D eigenvalue weighted by Crippen LogP contribution is 2.35. The first-order valence-electron chi connectivity index (χ1n) is 8.80. The van der Waals surface area contributed by atoms with E-state index < -0.39 is 23.2 Å². The standard InChI is InChI=1S/C19H16ClF3N4O2/c1-18(29)8-10(9-18)24-15-11-6-7-14(19(21,22)23)25-16(11)27(17(28)26-15)13-5-3-2-4-12(13)20/h2-7,10,29H,8-9H2,1H3,(H,24,26,28)/t10-,18-. The van der Waals surface area contributed by atoms with Gasteiger partial charge in [0, 0.05) is 6.04 Å². The Morgan fingerprint density at radius 3 is 2.52 bits per heavy atom. The molecule has 152 valence electrons. The summed E-state index contributed by atoms with van der Waals surface area (Å²) in [7, 11) is 0. The molecule has 0 spiro atoms. The number of alkyl halides is 3. The average molecular weight is 425 g/mol. The summed E-state index contributed by atoms with van der Waals surface area (Å²) < 4.78 is 40.7. The summed E-state index contributed by atoms with van der Waals surface area (Å²) in [4.78, 5) is 20.5. The fourth-order valence-electron chi connectivity index (χ4n) is 3.52. The first-order valence-corrected chi connectivity index (χ1v) is 9.18. The minimum Gasteiger partial charge on any atom is -0.390 e. The van der Waals surface area contributed by atoms with Crippen LogP contribution in [0.1, 0.15) is 25.5 Å². The Balaban J connectivity index is 1.93. The van der Waals surface area contributed by atoms with Crippen LogP contribution in [0, 0.1) is 0 Å². The van der Waals surface area contributed by atoms with Crippen molar-refractivity contribution in [2.75, 3.05) is 5.32 Å². The van der Waals surface area contributed by atoms with Crippen molar-refractivity contribution >= 4 is 28.5 Å². The second-order valence-corrected chi connectivity index (χ2v) is 7.75. The van der Waals surface area contributed by atoms with Crippen LogP contribution < -0.4 is 11.0 Å². The van der Waals surface area contributed by atoms with Gasteiger partial charge < -0.3 is 10.4 Å². The van der Waals surface area contributed by atoms with Gasteiger partial charge in [-0.25, -0.2) is 14.3 Å². The van der Waals surface area contributed by atoms with Gasteiger partial charge in [-0.2, -0.15) is 18.2 Å². The Morgan fingerprint density at radius 2 is 1.90 bits per heavy atom. The lowest BCUT2D eigenvalue weighted by molar-refractivity contribution is -0.141. The number of halogens is 4. The van der Waals surface area contributed by atoms with Crippen LogP contribution in [0.5, 0.6) is 0 Å². The number of benzene rings is 1. The van der Waals surface area contributed by atoms with Crippen LogP contribution in [-0.4, -0.2) is 31.3 Å². The van der Waals surface area contributed by atoms with Crippen LogP contribution in [0.2, 0.25) is 5.02 Å². The van der Waals surface area contributed by atoms with E-state index in [2.05, 4.69) is 15.3 Å². The fourth-order valence-corrected chi connectivity index (χ4v) is 3.74. The Hall–Kier alpha value is -2.65. The van der Waals surface area contributed by atoms with Crippen molar-refractivity contribution in [2.45, 2.75) is 37.6 Å². The average Bonchev–Trinajstić information content (AvgIpc) is 2.60. The lowest BCUT2D eigenvalue weighted by Crippen LogP contribution is -2.48. The smallest absolute Gasteiger partial charge is 0.390 e. The number of nitrogens with zero attached hydrogens (tertiary/aromatic N) is 3. The Kier molecular flexibility index (Phi) is 4.54. The van der Waals surface area contributed by atoms with Gasteiger partial charge in [0.1, 0.15) is 11.5 Å². The molecular weight excluding hydrogens is 409 g/mol. The van der Waals surface area contributed by atoms with Gasteiger partial charge in [-0.1, -0.05) is 23.7 Å². The molecule has 1 aliphatic rings. The second-order valence-electron chi connectivity index (χ2n) is 7.34. The van der Waals surface area contributed by atoms with Gasteiger partial charge in [0.2, 0.25) is 0 Å². The first kappa shape index (κ1) is 19.7. The number of nitrogens with one attached hydrogen (secondary N) is 1. The zero-order valence-electron chi connectivity index (χ0n) is 15.2. The number of anilines is 1. The number of para-hydroxylation sites is 1. The molecule has 6 nitrogen and oxygen atoms in total. The van der Waals surface area contributed by atoms with E-state index in [1.807, 2.05) is 0 Å². The van der Waals surface area contributed by atoms with Crippen molar-refractivity contribution in [3.63, 3.8) is 0 Å². The topological polar surface area (TPSA) is 80.0 Å². The number of rotatable bonds is 3. The summed E-state index contributed by atoms with van der Waals surface area (Å²) in [5.41, 5.74) is -2.79. The summed E-state index contributed by atoms with van der Waals surface area (Å²) >= 11 is 6.17. The molecule has 1 aromatic carbocycles. The number of pyridine rings is 1. The molecule has 0 atom stereocenters. The van der Waals surface area contributed by atoms with E-state index in [-0.39, 0.29) is 33.6 Å². The minimum absolute atomic E-state index is 0.120. The molecule has 1 saturated carbocycles. The lowest BCUT2D eigenvalue weighted by atomic mass is 9.77. The van der Waals surface area contributed by atoms with Crippen molar-refractivity contribution in [2.24, 2.45) is 0 Å². The molecule has 1 aliphatic carbocycles. The number of hydrogen-bond acceptors (Lipinski definition) is 5. The third kappa shape index (κ3) is 3.67. The van der Waals surface area contributed by atoms with E-state index >= 15 is 0 Å². The fraction of sp³-hybridized carbons (Fsp3) is 0.316. The van der Waals surface area contributed by atoms with E-state index in [4.69, 9.17) is 11.6 Å². The zero-order chi connectivity index (χ0) is 21.0. The maximum absolute atomic E-state index is 13.3. The lowest BCUT2D eigenvalue weighted by Gasteiger charge is -2.41. The number of aliphatic hydroxyl groups is 1. The van der Waals surface area contributed by atoms with Gasteiger partial charge in [-0.05, 0) is 44.0 Å². The van der Waals surface area contributed by atoms with Gasteiger partial charge in [-0.15, -0.1) is 0 Å². The molecule has 2 heterocycles. The molecule has 0 unspecified atom stereocenters. The third-order valence-corrected chi connectivity index (χ3v) is 5.16. The van der Waals surface area contributed by atoms with Crippen molar-refractivity contribution in [1.82, 2.24) is 14.5 Å². The maximum Gasteiger partial charge on any atom is 0.433 e. The van der Waals surface area contributed by atoms with Crippen molar-refractivity contribution in [1.29, 1.82) is 0 Å². The number of fused-ring (bicyclic) bond motifs is 1. The molecule has 3 aromatic rings. The molecule has 0 amide bonds. The molecule has 1 fully saturated rings. The van der Waals surface area contributed by atoms with E-state index in [0.29, 0.717) is 12.8 Å². The summed E-state index contributed by atoms with van der Waals surface area (Å²) in [6.07, 6.45) is -3.82. The Labute approximate surface area is 168 Å². The maximum atomic E-state index is 13.3. The SMILES string of the molecule is C[C@]1(O)C[C@H](Nc2nc(=O)n(-c3ccccc3Cl)c3nc(C(F)(F)F)ccc23)C1. The quantitative estimate of drug-likeness (QED) is 0.669. The molecule has 10 heteroatoms. The van der Waals surface area contributed by atoms with Gasteiger partial charge in [0.15, 0.2) is 5.65 Å². The first-order chi connectivity index (χ1) is 13.5. The van der Waals surface area contributed by atoms with Crippen LogP contribution in [0.25, 0.3) is 16.7 Å². The normalized spacial score (nSPS) is 21.8. The molecule has 4 rings (SSSR count). The van der Waals surface area contributed by atoms with Crippen LogP contribution in [0.3, 0.4) is 0 Å².